The molecule has 0 spiro atoms. The molecule has 0 radical (unpaired) electrons. The van der Waals surface area contributed by atoms with Crippen molar-refractivity contribution >= 4 is 28.1 Å². The smallest absolute Gasteiger partial charge is 0.230 e. The van der Waals surface area contributed by atoms with Crippen molar-refractivity contribution in [3.05, 3.63) is 76.2 Å². The van der Waals surface area contributed by atoms with Crippen molar-refractivity contribution in [2.45, 2.75) is 45.1 Å². The lowest BCUT2D eigenvalue weighted by atomic mass is 10.00. The maximum Gasteiger partial charge on any atom is 0.230 e. The zero-order valence-corrected chi connectivity index (χ0v) is 17.0. The summed E-state index contributed by atoms with van der Waals surface area (Å²) in [6.07, 6.45) is -0.171. The summed E-state index contributed by atoms with van der Waals surface area (Å²) in [5.41, 5.74) is 7.88. The average molecular weight is 415 g/mol. The molecule has 0 aliphatic rings. The van der Waals surface area contributed by atoms with Crippen LogP contribution in [0.15, 0.2) is 53.8 Å². The summed E-state index contributed by atoms with van der Waals surface area (Å²) in [7, 11) is 0. The van der Waals surface area contributed by atoms with Gasteiger partial charge in [0.15, 0.2) is 5.13 Å². The van der Waals surface area contributed by atoms with E-state index in [0.717, 1.165) is 5.56 Å². The first kappa shape index (κ1) is 15.2. The molecule has 29 heavy (non-hydrogen) atoms. The highest BCUT2D eigenvalue weighted by Gasteiger charge is 2.08. The number of hydrogen-bond donors (Lipinski definition) is 3. The van der Waals surface area contributed by atoms with E-state index in [4.69, 9.17) is 12.6 Å². The number of anilines is 2. The molecule has 0 saturated carbocycles. The van der Waals surface area contributed by atoms with Crippen LogP contribution in [-0.4, -0.2) is 16.0 Å². The summed E-state index contributed by atoms with van der Waals surface area (Å²) in [6, 6.07) is 6.16. The number of thiazole rings is 1. The predicted molar refractivity (Wildman–Crippen MR) is 119 cm³/mol. The van der Waals surface area contributed by atoms with Crippen molar-refractivity contribution in [2.24, 2.45) is 0 Å². The van der Waals surface area contributed by atoms with Crippen molar-refractivity contribution in [2.75, 3.05) is 11.1 Å². The first-order chi connectivity index (χ1) is 16.0. The molecule has 1 aromatic heterocycles. The third-order valence-corrected chi connectivity index (χ3v) is 5.04. The van der Waals surface area contributed by atoms with Crippen molar-refractivity contribution in [1.82, 2.24) is 4.98 Å². The second-order valence-corrected chi connectivity index (χ2v) is 7.64. The molecule has 2 aromatic carbocycles. The number of aryl methyl sites for hydroxylation is 1. The second kappa shape index (κ2) is 10.2. The van der Waals surface area contributed by atoms with Crippen LogP contribution in [0.3, 0.4) is 0 Å². The van der Waals surface area contributed by atoms with Crippen molar-refractivity contribution < 1.29 is 16.8 Å². The number of hydrogen-bond acceptors (Lipinski definition) is 5. The molecule has 1 amide bonds. The van der Waals surface area contributed by atoms with Gasteiger partial charge in [0.25, 0.3) is 0 Å². The van der Waals surface area contributed by atoms with Gasteiger partial charge >= 0.3 is 0 Å². The number of nitrogens with zero attached hydrogens (tertiary/aromatic N) is 1. The largest absolute Gasteiger partial charge is 0.388 e. The maximum atomic E-state index is 12.1. The Balaban J connectivity index is 1.51. The van der Waals surface area contributed by atoms with E-state index in [-0.39, 0.29) is 48.0 Å². The fourth-order valence-corrected chi connectivity index (χ4v) is 3.42. The highest BCUT2D eigenvalue weighted by atomic mass is 32.1. The summed E-state index contributed by atoms with van der Waals surface area (Å²) in [5.74, 6) is -0.181. The number of nitrogens with one attached hydrogen (secondary N) is 1. The van der Waals surface area contributed by atoms with Crippen molar-refractivity contribution in [1.29, 1.82) is 0 Å². The summed E-state index contributed by atoms with van der Waals surface area (Å²) >= 11 is 1.29. The molecule has 0 unspecified atom stereocenters. The quantitative estimate of drug-likeness (QED) is 0.444. The van der Waals surface area contributed by atoms with Crippen LogP contribution in [0.25, 0.3) is 0 Å². The van der Waals surface area contributed by atoms with E-state index in [9.17, 15) is 9.90 Å². The minimum absolute atomic E-state index is 0.0102. The van der Waals surface area contributed by atoms with Crippen LogP contribution >= 0.6 is 11.3 Å². The van der Waals surface area contributed by atoms with Crippen LogP contribution in [0.4, 0.5) is 10.8 Å². The van der Waals surface area contributed by atoms with Gasteiger partial charge in [0.1, 0.15) is 0 Å². The normalized spacial score (nSPS) is 15.4. The first-order valence-electron chi connectivity index (χ1n) is 11.9. The van der Waals surface area contributed by atoms with Crippen LogP contribution in [0.1, 0.15) is 54.6 Å². The molecule has 6 heteroatoms. The third-order valence-electron chi connectivity index (χ3n) is 4.32. The molecule has 0 saturated heterocycles. The molecule has 3 rings (SSSR count). The summed E-state index contributed by atoms with van der Waals surface area (Å²) in [4.78, 5) is 16.2. The minimum Gasteiger partial charge on any atom is -0.388 e. The molecule has 5 nitrogen and oxygen atoms in total. The zero-order valence-electron chi connectivity index (χ0n) is 21.2. The Morgan fingerprint density at radius 1 is 1.34 bits per heavy atom. The summed E-state index contributed by atoms with van der Waals surface area (Å²) in [5, 5.41) is 15.6. The van der Waals surface area contributed by atoms with Crippen LogP contribution < -0.4 is 11.1 Å². The van der Waals surface area contributed by atoms with Gasteiger partial charge in [0.2, 0.25) is 5.91 Å². The minimum atomic E-state index is -2.17. The van der Waals surface area contributed by atoms with E-state index in [1.807, 2.05) is 24.3 Å². The Morgan fingerprint density at radius 2 is 2.14 bits per heavy atom. The molecular weight excluding hydrogens is 382 g/mol. The number of rotatable bonds is 9. The summed E-state index contributed by atoms with van der Waals surface area (Å²) < 4.78 is 40.1. The number of aliphatic hydroxyl groups is 1. The molecule has 1 heterocycles. The molecule has 152 valence electrons. The lowest BCUT2D eigenvalue weighted by molar-refractivity contribution is -0.115. The van der Waals surface area contributed by atoms with E-state index < -0.39 is 12.1 Å². The highest BCUT2D eigenvalue weighted by Crippen LogP contribution is 2.21. The lowest BCUT2D eigenvalue weighted by Gasteiger charge is -2.11. The molecular formula is C23H27N3O2S. The molecule has 4 N–H and O–H groups in total. The van der Waals surface area contributed by atoms with E-state index in [0.29, 0.717) is 35.8 Å². The van der Waals surface area contributed by atoms with Crippen LogP contribution in [0.5, 0.6) is 0 Å². The number of aromatic nitrogens is 1. The molecule has 0 bridgehead atoms. The lowest BCUT2D eigenvalue weighted by Crippen LogP contribution is -2.14. The Bertz CT molecular complexity index is 1150. The van der Waals surface area contributed by atoms with Crippen LogP contribution in [0, 0.1) is 6.92 Å². The molecule has 0 fully saturated rings. The monoisotopic (exact) mass is 414 g/mol. The topological polar surface area (TPSA) is 88.2 Å². The number of unbranched alkanes of at least 4 members (excludes halogenated alkanes) is 1. The highest BCUT2D eigenvalue weighted by molar-refractivity contribution is 7.13. The zero-order chi connectivity index (χ0) is 25.0. The number of carbonyl (C=O) groups excluding carboxylic acids is 1. The number of amides is 1. The molecule has 0 aliphatic carbocycles. The van der Waals surface area contributed by atoms with Gasteiger partial charge in [-0.05, 0) is 49.4 Å². The fourth-order valence-electron chi connectivity index (χ4n) is 2.86. The van der Waals surface area contributed by atoms with E-state index in [1.165, 1.54) is 18.3 Å². The Labute approximate surface area is 182 Å². The van der Waals surface area contributed by atoms with Crippen LogP contribution in [0.2, 0.25) is 0 Å². The molecule has 1 atom stereocenters. The van der Waals surface area contributed by atoms with Gasteiger partial charge in [-0.15, -0.1) is 11.3 Å². The van der Waals surface area contributed by atoms with Gasteiger partial charge in [-0.25, -0.2) is 4.98 Å². The van der Waals surface area contributed by atoms with Gasteiger partial charge in [-0.1, -0.05) is 48.3 Å². The Hall–Kier alpha value is -2.70. The number of nitrogen functional groups attached to an aromatic ring is 1. The molecule has 0 aliphatic heterocycles. The Kier molecular flexibility index (Phi) is 5.33. The average Bonchev–Trinajstić information content (AvgIpc) is 3.19. The van der Waals surface area contributed by atoms with Crippen molar-refractivity contribution in [3.8, 4) is 0 Å². The summed E-state index contributed by atoms with van der Waals surface area (Å²) in [6.45, 7) is 1.49. The van der Waals surface area contributed by atoms with Gasteiger partial charge in [0, 0.05) is 11.1 Å². The van der Waals surface area contributed by atoms with Crippen molar-refractivity contribution in [3.63, 3.8) is 0 Å². The second-order valence-electron chi connectivity index (χ2n) is 6.75. The first-order valence-corrected chi connectivity index (χ1v) is 10.3. The van der Waals surface area contributed by atoms with Gasteiger partial charge in [-0.2, -0.15) is 0 Å². The number of nitrogens with two attached hydrogens (primary N) is 1. The standard InChI is InChI=1S/C23H27N3O2S/c1-16-5-4-7-18(13-16)21(27)8-3-2-6-17-9-11-19(12-10-17)25-22(28)14-20-15-29-23(24)26-20/h4-5,7,9-13,15,21,27H,2-3,6,8,14H2,1H3,(H2,24,26)(H,25,28)/t21-/m0/s1/i4D,5D,7D,13D,21D. The van der Waals surface area contributed by atoms with Gasteiger partial charge in [0.05, 0.1) is 25.0 Å². The van der Waals surface area contributed by atoms with Crippen LogP contribution in [-0.2, 0) is 17.6 Å². The third kappa shape index (κ3) is 6.69. The number of benzene rings is 2. The van der Waals surface area contributed by atoms with E-state index >= 15 is 0 Å². The Morgan fingerprint density at radius 3 is 2.86 bits per heavy atom. The fraction of sp³-hybridized carbons (Fsp3) is 0.304. The molecule has 3 aromatic rings. The predicted octanol–water partition coefficient (Wildman–Crippen LogP) is 4.66. The van der Waals surface area contributed by atoms with Gasteiger partial charge in [-0.3, -0.25) is 4.79 Å². The number of carbonyl (C=O) groups is 1. The SMILES string of the molecule is [2H]c1c([2H])c(C)c([2H])c([C@@]([2H])(O)CCCCc2ccc(NC(=O)Cc3csc(N)n3)cc2)c1[2H]. The van der Waals surface area contributed by atoms with Gasteiger partial charge < -0.3 is 16.2 Å². The maximum absolute atomic E-state index is 12.1. The van der Waals surface area contributed by atoms with E-state index in [2.05, 4.69) is 10.3 Å². The van der Waals surface area contributed by atoms with E-state index in [1.54, 1.807) is 5.38 Å².